The first-order valence-corrected chi connectivity index (χ1v) is 9.57. The van der Waals surface area contributed by atoms with Gasteiger partial charge in [0.2, 0.25) is 0 Å². The Hall–Kier alpha value is -0.380. The number of hydrogen-bond donors (Lipinski definition) is 1. The molecular formula is C20H32O3. The van der Waals surface area contributed by atoms with Crippen molar-refractivity contribution in [2.45, 2.75) is 77.6 Å². The van der Waals surface area contributed by atoms with E-state index in [9.17, 15) is 5.11 Å². The average Bonchev–Trinajstić information content (AvgIpc) is 2.88. The summed E-state index contributed by atoms with van der Waals surface area (Å²) in [6.07, 6.45) is 10.0. The van der Waals surface area contributed by atoms with Gasteiger partial charge in [0.25, 0.3) is 0 Å². The van der Waals surface area contributed by atoms with Gasteiger partial charge in [0.15, 0.2) is 5.79 Å². The number of rotatable bonds is 0. The molecule has 3 fully saturated rings. The third-order valence-electron chi connectivity index (χ3n) is 7.74. The largest absolute Gasteiger partial charge is 0.388 e. The zero-order valence-corrected chi connectivity index (χ0v) is 14.9. The minimum atomic E-state index is -0.406. The van der Waals surface area contributed by atoms with Crippen molar-refractivity contribution >= 4 is 0 Å². The highest BCUT2D eigenvalue weighted by Crippen LogP contribution is 2.64. The normalized spacial score (nSPS) is 45.0. The highest BCUT2D eigenvalue weighted by atomic mass is 16.7. The van der Waals surface area contributed by atoms with Crippen molar-refractivity contribution in [1.29, 1.82) is 0 Å². The number of ether oxygens (including phenoxy) is 2. The number of allylic oxidation sites excluding steroid dienone is 1. The Balaban J connectivity index is 1.78. The molecule has 0 aromatic carbocycles. The summed E-state index contributed by atoms with van der Waals surface area (Å²) in [6.45, 7) is 8.54. The molecule has 2 saturated carbocycles. The van der Waals surface area contributed by atoms with Crippen LogP contribution in [0.1, 0.15) is 65.7 Å². The predicted octanol–water partition coefficient (Wildman–Crippen LogP) is 4.05. The van der Waals surface area contributed by atoms with Crippen molar-refractivity contribution < 1.29 is 14.6 Å². The lowest BCUT2D eigenvalue weighted by atomic mass is 9.51. The SMILES string of the molecule is CC1(C)C2CC[C@@H]3CCCC=C(C3O)[C@@]2(C)CCC12OCCO2. The van der Waals surface area contributed by atoms with Crippen LogP contribution in [0.2, 0.25) is 0 Å². The van der Waals surface area contributed by atoms with E-state index in [4.69, 9.17) is 9.47 Å². The molecule has 1 spiro atoms. The van der Waals surface area contributed by atoms with Gasteiger partial charge in [-0.2, -0.15) is 0 Å². The quantitative estimate of drug-likeness (QED) is 0.684. The molecule has 3 nitrogen and oxygen atoms in total. The minimum Gasteiger partial charge on any atom is -0.388 e. The second-order valence-electron chi connectivity index (χ2n) is 9.01. The van der Waals surface area contributed by atoms with E-state index in [-0.39, 0.29) is 16.9 Å². The minimum absolute atomic E-state index is 0.0244. The molecule has 2 bridgehead atoms. The lowest BCUT2D eigenvalue weighted by molar-refractivity contribution is -0.280. The maximum Gasteiger partial charge on any atom is 0.173 e. The zero-order valence-electron chi connectivity index (χ0n) is 14.9. The smallest absolute Gasteiger partial charge is 0.173 e. The van der Waals surface area contributed by atoms with Gasteiger partial charge >= 0.3 is 0 Å². The molecule has 0 aromatic rings. The van der Waals surface area contributed by atoms with Crippen molar-refractivity contribution in [1.82, 2.24) is 0 Å². The molecule has 1 saturated heterocycles. The fourth-order valence-corrected chi connectivity index (χ4v) is 6.40. The van der Waals surface area contributed by atoms with E-state index in [0.29, 0.717) is 11.8 Å². The van der Waals surface area contributed by atoms with Crippen LogP contribution in [0, 0.1) is 22.7 Å². The maximum atomic E-state index is 11.0. The lowest BCUT2D eigenvalue weighted by Gasteiger charge is -2.58. The Morgan fingerprint density at radius 2 is 1.78 bits per heavy atom. The molecule has 1 N–H and O–H groups in total. The van der Waals surface area contributed by atoms with Gasteiger partial charge in [-0.25, -0.2) is 0 Å². The van der Waals surface area contributed by atoms with E-state index in [2.05, 4.69) is 26.8 Å². The summed E-state index contributed by atoms with van der Waals surface area (Å²) in [7, 11) is 0. The summed E-state index contributed by atoms with van der Waals surface area (Å²) in [5.41, 5.74) is 1.40. The molecule has 23 heavy (non-hydrogen) atoms. The standard InChI is InChI=1S/C20H32O3/c1-18(2)16-9-8-14-6-4-5-7-15(17(14)21)19(16,3)10-11-20(18)22-12-13-23-20/h7,14,16-17,21H,4-6,8-13H2,1-3H3/t14-,16?,17?,19+/m0/s1. The van der Waals surface area contributed by atoms with E-state index in [0.717, 1.165) is 38.9 Å². The van der Waals surface area contributed by atoms with Crippen molar-refractivity contribution in [3.05, 3.63) is 11.6 Å². The summed E-state index contributed by atoms with van der Waals surface area (Å²) in [5, 5.41) is 11.0. The van der Waals surface area contributed by atoms with Crippen molar-refractivity contribution in [3.63, 3.8) is 0 Å². The highest BCUT2D eigenvalue weighted by molar-refractivity contribution is 5.27. The van der Waals surface area contributed by atoms with Gasteiger partial charge in [-0.05, 0) is 61.3 Å². The average molecular weight is 320 g/mol. The Labute approximate surface area is 140 Å². The molecule has 4 aliphatic rings. The summed E-state index contributed by atoms with van der Waals surface area (Å²) in [6, 6.07) is 0. The third-order valence-corrected chi connectivity index (χ3v) is 7.74. The Kier molecular flexibility index (Phi) is 3.72. The predicted molar refractivity (Wildman–Crippen MR) is 89.9 cm³/mol. The first kappa shape index (κ1) is 16.1. The third kappa shape index (κ3) is 2.12. The maximum absolute atomic E-state index is 11.0. The van der Waals surface area contributed by atoms with Crippen LogP contribution in [-0.2, 0) is 9.47 Å². The molecule has 3 heteroatoms. The van der Waals surface area contributed by atoms with Gasteiger partial charge in [0, 0.05) is 11.8 Å². The molecule has 4 atom stereocenters. The Bertz CT molecular complexity index is 503. The molecule has 1 aliphatic heterocycles. The fourth-order valence-electron chi connectivity index (χ4n) is 6.40. The molecular weight excluding hydrogens is 288 g/mol. The van der Waals surface area contributed by atoms with Crippen molar-refractivity contribution in [2.75, 3.05) is 13.2 Å². The summed E-state index contributed by atoms with van der Waals surface area (Å²) < 4.78 is 12.4. The second-order valence-corrected chi connectivity index (χ2v) is 9.01. The van der Waals surface area contributed by atoms with Gasteiger partial charge in [0.05, 0.1) is 19.3 Å². The summed E-state index contributed by atoms with van der Waals surface area (Å²) in [4.78, 5) is 0. The van der Waals surface area contributed by atoms with Crippen LogP contribution in [-0.4, -0.2) is 30.2 Å². The highest BCUT2D eigenvalue weighted by Gasteiger charge is 2.63. The summed E-state index contributed by atoms with van der Waals surface area (Å²) in [5.74, 6) is 0.547. The van der Waals surface area contributed by atoms with Crippen molar-refractivity contribution in [2.24, 2.45) is 22.7 Å². The van der Waals surface area contributed by atoms with Crippen molar-refractivity contribution in [3.8, 4) is 0 Å². The molecule has 4 rings (SSSR count). The number of fused-ring (bicyclic) bond motifs is 4. The zero-order chi connectivity index (χ0) is 16.3. The van der Waals surface area contributed by atoms with Crippen LogP contribution in [0.15, 0.2) is 11.6 Å². The van der Waals surface area contributed by atoms with Crippen LogP contribution in [0.25, 0.3) is 0 Å². The van der Waals surface area contributed by atoms with Gasteiger partial charge < -0.3 is 14.6 Å². The number of aliphatic hydroxyl groups is 1. The topological polar surface area (TPSA) is 38.7 Å². The molecule has 0 radical (unpaired) electrons. The second kappa shape index (κ2) is 5.31. The number of hydrogen-bond acceptors (Lipinski definition) is 3. The van der Waals surface area contributed by atoms with E-state index in [1.54, 1.807) is 0 Å². The van der Waals surface area contributed by atoms with Gasteiger partial charge in [-0.1, -0.05) is 26.8 Å². The first-order valence-electron chi connectivity index (χ1n) is 9.57. The van der Waals surface area contributed by atoms with Gasteiger partial charge in [0.1, 0.15) is 0 Å². The Morgan fingerprint density at radius 1 is 1.04 bits per heavy atom. The Morgan fingerprint density at radius 3 is 2.52 bits per heavy atom. The van der Waals surface area contributed by atoms with Crippen LogP contribution >= 0.6 is 0 Å². The van der Waals surface area contributed by atoms with Gasteiger partial charge in [-0.3, -0.25) is 0 Å². The molecule has 2 unspecified atom stereocenters. The van der Waals surface area contributed by atoms with E-state index >= 15 is 0 Å². The molecule has 3 aliphatic carbocycles. The molecule has 1 heterocycles. The molecule has 0 aromatic heterocycles. The van der Waals surface area contributed by atoms with Crippen LogP contribution < -0.4 is 0 Å². The molecule has 0 amide bonds. The summed E-state index contributed by atoms with van der Waals surface area (Å²) >= 11 is 0. The monoisotopic (exact) mass is 320 g/mol. The molecule has 130 valence electrons. The number of aliphatic hydroxyl groups excluding tert-OH is 1. The van der Waals surface area contributed by atoms with E-state index in [1.165, 1.54) is 24.8 Å². The van der Waals surface area contributed by atoms with E-state index in [1.807, 2.05) is 0 Å². The van der Waals surface area contributed by atoms with E-state index < -0.39 is 5.79 Å². The van der Waals surface area contributed by atoms with Crippen LogP contribution in [0.3, 0.4) is 0 Å². The first-order chi connectivity index (χ1) is 10.9. The van der Waals surface area contributed by atoms with Crippen LogP contribution in [0.4, 0.5) is 0 Å². The lowest BCUT2D eigenvalue weighted by Crippen LogP contribution is -2.59. The van der Waals surface area contributed by atoms with Crippen LogP contribution in [0.5, 0.6) is 0 Å². The van der Waals surface area contributed by atoms with Gasteiger partial charge in [-0.15, -0.1) is 0 Å². The fraction of sp³-hybridized carbons (Fsp3) is 0.900.